The van der Waals surface area contributed by atoms with Gasteiger partial charge in [-0.1, -0.05) is 0 Å². The fourth-order valence-corrected chi connectivity index (χ4v) is 1.78. The van der Waals surface area contributed by atoms with Gasteiger partial charge in [0.25, 0.3) is 0 Å². The molecule has 0 spiro atoms. The molecule has 4 heteroatoms. The maximum absolute atomic E-state index is 11.4. The van der Waals surface area contributed by atoms with Gasteiger partial charge in [0.1, 0.15) is 0 Å². The van der Waals surface area contributed by atoms with Crippen molar-refractivity contribution in [3.8, 4) is 5.88 Å². The first-order valence-corrected chi connectivity index (χ1v) is 5.01. The summed E-state index contributed by atoms with van der Waals surface area (Å²) in [6.07, 6.45) is 0.893. The molecule has 0 fully saturated rings. The number of nitrogens with zero attached hydrogens (tertiary/aromatic N) is 1. The zero-order chi connectivity index (χ0) is 10.8. The Morgan fingerprint density at radius 2 is 2.40 bits per heavy atom. The van der Waals surface area contributed by atoms with Gasteiger partial charge in [0, 0.05) is 19.5 Å². The lowest BCUT2D eigenvalue weighted by atomic mass is 10.0. The van der Waals surface area contributed by atoms with Gasteiger partial charge >= 0.3 is 0 Å². The van der Waals surface area contributed by atoms with E-state index in [4.69, 9.17) is 4.74 Å². The number of aromatic nitrogens is 1. The third-order valence-corrected chi connectivity index (χ3v) is 2.58. The van der Waals surface area contributed by atoms with Crippen LogP contribution in [-0.4, -0.2) is 24.4 Å². The number of nitrogens with one attached hydrogen (secondary N) is 1. The Kier molecular flexibility index (Phi) is 2.68. The monoisotopic (exact) mass is 206 g/mol. The Hall–Kier alpha value is -1.42. The Morgan fingerprint density at radius 1 is 1.60 bits per heavy atom. The Labute approximate surface area is 88.7 Å². The molecular formula is C11H14N2O2. The minimum Gasteiger partial charge on any atom is -0.480 e. The van der Waals surface area contributed by atoms with Crippen molar-refractivity contribution in [2.45, 2.75) is 19.9 Å². The Morgan fingerprint density at radius 3 is 3.07 bits per heavy atom. The molecule has 15 heavy (non-hydrogen) atoms. The highest BCUT2D eigenvalue weighted by molar-refractivity contribution is 5.96. The number of fused-ring (bicyclic) bond motifs is 1. The molecule has 0 aromatic carbocycles. The lowest BCUT2D eigenvalue weighted by Gasteiger charge is -2.18. The van der Waals surface area contributed by atoms with E-state index in [1.807, 2.05) is 6.07 Å². The number of carbonyl (C=O) groups is 1. The number of ketones is 1. The fraction of sp³-hybridized carbons (Fsp3) is 0.455. The molecule has 1 N–H and O–H groups in total. The van der Waals surface area contributed by atoms with Crippen molar-refractivity contribution < 1.29 is 9.53 Å². The number of rotatable bonds is 2. The highest BCUT2D eigenvalue weighted by Gasteiger charge is 2.17. The van der Waals surface area contributed by atoms with Crippen LogP contribution < -0.4 is 10.1 Å². The first-order valence-electron chi connectivity index (χ1n) is 5.01. The third kappa shape index (κ3) is 1.85. The first kappa shape index (κ1) is 10.1. The van der Waals surface area contributed by atoms with Crippen molar-refractivity contribution in [2.24, 2.45) is 0 Å². The van der Waals surface area contributed by atoms with Crippen molar-refractivity contribution in [1.82, 2.24) is 10.3 Å². The SMILES string of the molecule is COc1nc2c(cc1C(C)=O)CNCC2. The van der Waals surface area contributed by atoms with Crippen LogP contribution in [0.2, 0.25) is 0 Å². The van der Waals surface area contributed by atoms with Gasteiger partial charge < -0.3 is 10.1 Å². The van der Waals surface area contributed by atoms with E-state index in [9.17, 15) is 4.79 Å². The molecule has 0 saturated heterocycles. The Balaban J connectivity index is 2.51. The summed E-state index contributed by atoms with van der Waals surface area (Å²) in [5.41, 5.74) is 2.71. The number of methoxy groups -OCH3 is 1. The zero-order valence-corrected chi connectivity index (χ0v) is 8.96. The molecule has 1 aliphatic rings. The molecule has 2 heterocycles. The maximum atomic E-state index is 11.4. The van der Waals surface area contributed by atoms with Gasteiger partial charge in [-0.15, -0.1) is 0 Å². The molecule has 80 valence electrons. The second kappa shape index (κ2) is 3.98. The predicted molar refractivity (Wildman–Crippen MR) is 56.2 cm³/mol. The standard InChI is InChI=1S/C11H14N2O2/c1-7(14)9-5-8-6-12-4-3-10(8)13-11(9)15-2/h5,12H,3-4,6H2,1-2H3. The summed E-state index contributed by atoms with van der Waals surface area (Å²) < 4.78 is 5.12. The topological polar surface area (TPSA) is 51.2 Å². The van der Waals surface area contributed by atoms with Crippen LogP contribution in [0.4, 0.5) is 0 Å². The van der Waals surface area contributed by atoms with Crippen LogP contribution in [0.5, 0.6) is 5.88 Å². The number of pyridine rings is 1. The van der Waals surface area contributed by atoms with Crippen LogP contribution in [0.15, 0.2) is 6.07 Å². The highest BCUT2D eigenvalue weighted by Crippen LogP contribution is 2.22. The second-order valence-corrected chi connectivity index (χ2v) is 3.63. The minimum atomic E-state index is -0.00674. The van der Waals surface area contributed by atoms with E-state index in [1.54, 1.807) is 7.11 Å². The number of hydrogen-bond acceptors (Lipinski definition) is 4. The molecule has 1 aromatic rings. The molecule has 0 aliphatic carbocycles. The minimum absolute atomic E-state index is 0.00674. The predicted octanol–water partition coefficient (Wildman–Crippen LogP) is 0.938. The number of Topliss-reactive ketones (excluding diaryl/α,β-unsaturated/α-hetero) is 1. The molecule has 1 aliphatic heterocycles. The summed E-state index contributed by atoms with van der Waals surface area (Å²) in [4.78, 5) is 15.7. The van der Waals surface area contributed by atoms with E-state index in [-0.39, 0.29) is 5.78 Å². The molecule has 0 bridgehead atoms. The van der Waals surface area contributed by atoms with Gasteiger partial charge in [-0.05, 0) is 18.6 Å². The van der Waals surface area contributed by atoms with Gasteiger partial charge in [-0.2, -0.15) is 0 Å². The largest absolute Gasteiger partial charge is 0.480 e. The average molecular weight is 206 g/mol. The van der Waals surface area contributed by atoms with Crippen LogP contribution >= 0.6 is 0 Å². The molecule has 0 saturated carbocycles. The second-order valence-electron chi connectivity index (χ2n) is 3.63. The fourth-order valence-electron chi connectivity index (χ4n) is 1.78. The van der Waals surface area contributed by atoms with Gasteiger partial charge in [0.15, 0.2) is 5.78 Å². The molecule has 1 aromatic heterocycles. The van der Waals surface area contributed by atoms with Crippen molar-refractivity contribution >= 4 is 5.78 Å². The van der Waals surface area contributed by atoms with Crippen LogP contribution in [-0.2, 0) is 13.0 Å². The normalized spacial score (nSPS) is 14.5. The van der Waals surface area contributed by atoms with Gasteiger partial charge in [0.2, 0.25) is 5.88 Å². The molecule has 0 unspecified atom stereocenters. The average Bonchev–Trinajstić information content (AvgIpc) is 2.27. The highest BCUT2D eigenvalue weighted by atomic mass is 16.5. The smallest absolute Gasteiger partial charge is 0.224 e. The number of ether oxygens (including phenoxy) is 1. The van der Waals surface area contributed by atoms with E-state index in [0.29, 0.717) is 11.4 Å². The van der Waals surface area contributed by atoms with Crippen LogP contribution in [0.3, 0.4) is 0 Å². The molecule has 0 amide bonds. The summed E-state index contributed by atoms with van der Waals surface area (Å²) in [5.74, 6) is 0.441. The van der Waals surface area contributed by atoms with Crippen LogP contribution in [0.1, 0.15) is 28.5 Å². The number of hydrogen-bond donors (Lipinski definition) is 1. The molecule has 0 radical (unpaired) electrons. The van der Waals surface area contributed by atoms with Crippen molar-refractivity contribution in [2.75, 3.05) is 13.7 Å². The van der Waals surface area contributed by atoms with Gasteiger partial charge in [-0.25, -0.2) is 4.98 Å². The summed E-state index contributed by atoms with van der Waals surface area (Å²) in [6.45, 7) is 3.25. The summed E-state index contributed by atoms with van der Waals surface area (Å²) in [7, 11) is 1.54. The molecule has 2 rings (SSSR count). The summed E-state index contributed by atoms with van der Waals surface area (Å²) in [6, 6.07) is 1.88. The van der Waals surface area contributed by atoms with Crippen molar-refractivity contribution in [3.63, 3.8) is 0 Å². The van der Waals surface area contributed by atoms with E-state index in [2.05, 4.69) is 10.3 Å². The van der Waals surface area contributed by atoms with Gasteiger partial charge in [0.05, 0.1) is 18.4 Å². The van der Waals surface area contributed by atoms with Crippen molar-refractivity contribution in [3.05, 3.63) is 22.9 Å². The van der Waals surface area contributed by atoms with Gasteiger partial charge in [-0.3, -0.25) is 4.79 Å². The molecule has 0 atom stereocenters. The van der Waals surface area contributed by atoms with Crippen LogP contribution in [0.25, 0.3) is 0 Å². The van der Waals surface area contributed by atoms with E-state index < -0.39 is 0 Å². The zero-order valence-electron chi connectivity index (χ0n) is 8.96. The maximum Gasteiger partial charge on any atom is 0.224 e. The quantitative estimate of drug-likeness (QED) is 0.732. The lowest BCUT2D eigenvalue weighted by molar-refractivity contribution is 0.101. The lowest BCUT2D eigenvalue weighted by Crippen LogP contribution is -2.25. The third-order valence-electron chi connectivity index (χ3n) is 2.58. The van der Waals surface area contributed by atoms with Crippen LogP contribution in [0, 0.1) is 0 Å². The summed E-state index contributed by atoms with van der Waals surface area (Å²) in [5, 5.41) is 3.25. The molecular weight excluding hydrogens is 192 g/mol. The van der Waals surface area contributed by atoms with E-state index >= 15 is 0 Å². The van der Waals surface area contributed by atoms with Crippen molar-refractivity contribution in [1.29, 1.82) is 0 Å². The first-order chi connectivity index (χ1) is 7.22. The molecule has 4 nitrogen and oxygen atoms in total. The van der Waals surface area contributed by atoms with E-state index in [1.165, 1.54) is 6.92 Å². The summed E-state index contributed by atoms with van der Waals surface area (Å²) >= 11 is 0. The number of carbonyl (C=O) groups excluding carboxylic acids is 1. The van der Waals surface area contributed by atoms with E-state index in [0.717, 1.165) is 30.8 Å². The Bertz CT molecular complexity index is 402.